The number of nitrogens with one attached hydrogen (secondary N) is 1. The lowest BCUT2D eigenvalue weighted by Crippen LogP contribution is -2.43. The molecule has 0 fully saturated rings. The third-order valence-electron chi connectivity index (χ3n) is 1.27. The second kappa shape index (κ2) is 5.82. The number of amides is 1. The number of carbonyl (C=O) groups is 2. The molecule has 0 bridgehead atoms. The van der Waals surface area contributed by atoms with Gasteiger partial charge in [-0.05, 0) is 0 Å². The van der Waals surface area contributed by atoms with E-state index in [-0.39, 0.29) is 0 Å². The zero-order chi connectivity index (χ0) is 12.1. The predicted octanol–water partition coefficient (Wildman–Crippen LogP) is -1.23. The van der Waals surface area contributed by atoms with E-state index in [9.17, 15) is 14.2 Å². The van der Waals surface area contributed by atoms with Crippen molar-refractivity contribution >= 4 is 19.7 Å². The maximum Gasteiger partial charge on any atom is 0.469 e. The Hall–Kier alpha value is -0.950. The fourth-order valence-corrected chi connectivity index (χ4v) is 1.07. The molecule has 0 aromatic carbocycles. The molecule has 0 unspecified atom stereocenters. The van der Waals surface area contributed by atoms with E-state index in [0.717, 1.165) is 14.0 Å². The molecule has 0 rings (SSSR count). The lowest BCUT2D eigenvalue weighted by atomic mass is 10.3. The zero-order valence-electron chi connectivity index (χ0n) is 8.17. The normalized spacial score (nSPS) is 13.1. The van der Waals surface area contributed by atoms with Gasteiger partial charge in [0, 0.05) is 6.92 Å². The maximum atomic E-state index is 11.0. The van der Waals surface area contributed by atoms with Crippen LogP contribution in [0.3, 0.4) is 0 Å². The summed E-state index contributed by atoms with van der Waals surface area (Å²) >= 11 is 0. The predicted molar refractivity (Wildman–Crippen MR) is 47.6 cm³/mol. The van der Waals surface area contributed by atoms with Crippen LogP contribution in [0.2, 0.25) is 0 Å². The zero-order valence-corrected chi connectivity index (χ0v) is 9.06. The molecule has 15 heavy (non-hydrogen) atoms. The van der Waals surface area contributed by atoms with Crippen LogP contribution in [-0.4, -0.2) is 41.4 Å². The average molecular weight is 241 g/mol. The van der Waals surface area contributed by atoms with Gasteiger partial charge < -0.3 is 19.8 Å². The van der Waals surface area contributed by atoms with Crippen LogP contribution in [-0.2, 0) is 23.4 Å². The Morgan fingerprint density at radius 1 is 1.47 bits per heavy atom. The topological polar surface area (TPSA) is 122 Å². The first-order valence-electron chi connectivity index (χ1n) is 3.81. The van der Waals surface area contributed by atoms with E-state index in [2.05, 4.69) is 14.6 Å². The fourth-order valence-electron chi connectivity index (χ4n) is 0.728. The van der Waals surface area contributed by atoms with Crippen LogP contribution in [0.1, 0.15) is 6.92 Å². The van der Waals surface area contributed by atoms with Crippen molar-refractivity contribution in [1.29, 1.82) is 0 Å². The standard InChI is InChI=1S/C6H12NO7P/c1-4(8)7-5(6(9)13-2)3-14-15(10,11)12/h5H,3H2,1-2H3,(H,7,8)(H2,10,11,12)/t5-/m0/s1. The van der Waals surface area contributed by atoms with Crippen molar-refractivity contribution < 1.29 is 33.2 Å². The van der Waals surface area contributed by atoms with Gasteiger partial charge in [-0.2, -0.15) is 0 Å². The number of methoxy groups -OCH3 is 1. The lowest BCUT2D eigenvalue weighted by molar-refractivity contribution is -0.145. The highest BCUT2D eigenvalue weighted by molar-refractivity contribution is 7.46. The van der Waals surface area contributed by atoms with Gasteiger partial charge in [0.1, 0.15) is 0 Å². The Morgan fingerprint density at radius 2 is 2.00 bits per heavy atom. The lowest BCUT2D eigenvalue weighted by Gasteiger charge is -2.15. The van der Waals surface area contributed by atoms with Crippen molar-refractivity contribution in [3.63, 3.8) is 0 Å². The summed E-state index contributed by atoms with van der Waals surface area (Å²) in [6.07, 6.45) is 0. The highest BCUT2D eigenvalue weighted by atomic mass is 31.2. The van der Waals surface area contributed by atoms with Gasteiger partial charge in [-0.3, -0.25) is 9.32 Å². The van der Waals surface area contributed by atoms with Gasteiger partial charge in [-0.1, -0.05) is 0 Å². The molecule has 1 amide bonds. The van der Waals surface area contributed by atoms with Crippen molar-refractivity contribution in [2.24, 2.45) is 0 Å². The van der Waals surface area contributed by atoms with Crippen molar-refractivity contribution in [1.82, 2.24) is 5.32 Å². The van der Waals surface area contributed by atoms with Gasteiger partial charge in [-0.25, -0.2) is 9.36 Å². The molecule has 0 aromatic rings. The molecular formula is C6H12NO7P. The number of esters is 1. The summed E-state index contributed by atoms with van der Waals surface area (Å²) in [6.45, 7) is 0.490. The minimum Gasteiger partial charge on any atom is -0.467 e. The van der Waals surface area contributed by atoms with Gasteiger partial charge in [0.15, 0.2) is 6.04 Å². The van der Waals surface area contributed by atoms with E-state index in [4.69, 9.17) is 9.79 Å². The van der Waals surface area contributed by atoms with Crippen molar-refractivity contribution in [2.75, 3.05) is 13.7 Å². The highest BCUT2D eigenvalue weighted by Gasteiger charge is 2.24. The van der Waals surface area contributed by atoms with Gasteiger partial charge in [0.05, 0.1) is 13.7 Å². The summed E-state index contributed by atoms with van der Waals surface area (Å²) in [4.78, 5) is 38.4. The molecule has 1 atom stereocenters. The minimum absolute atomic E-state index is 0.542. The van der Waals surface area contributed by atoms with E-state index >= 15 is 0 Å². The summed E-state index contributed by atoms with van der Waals surface area (Å²) in [6, 6.07) is -1.24. The third-order valence-corrected chi connectivity index (χ3v) is 1.76. The Balaban J connectivity index is 4.32. The molecule has 0 radical (unpaired) electrons. The van der Waals surface area contributed by atoms with Gasteiger partial charge in [0.2, 0.25) is 5.91 Å². The van der Waals surface area contributed by atoms with Crippen LogP contribution in [0.25, 0.3) is 0 Å². The molecule has 0 saturated heterocycles. The number of hydrogen-bond acceptors (Lipinski definition) is 5. The summed E-state index contributed by atoms with van der Waals surface area (Å²) in [7, 11) is -3.59. The van der Waals surface area contributed by atoms with Gasteiger partial charge in [0.25, 0.3) is 0 Å². The van der Waals surface area contributed by atoms with E-state index in [0.29, 0.717) is 0 Å². The minimum atomic E-state index is -4.67. The molecule has 0 aromatic heterocycles. The number of hydrogen-bond donors (Lipinski definition) is 3. The first-order chi connectivity index (χ1) is 6.76. The number of phosphoric ester groups is 1. The summed E-state index contributed by atoms with van der Waals surface area (Å²) in [5.74, 6) is -1.39. The SMILES string of the molecule is COC(=O)[C@H](COP(=O)(O)O)NC(C)=O. The van der Waals surface area contributed by atoms with Crippen molar-refractivity contribution in [2.45, 2.75) is 13.0 Å². The molecular weight excluding hydrogens is 229 g/mol. The van der Waals surface area contributed by atoms with E-state index in [1.165, 1.54) is 0 Å². The maximum absolute atomic E-state index is 11.0. The molecule has 0 spiro atoms. The average Bonchev–Trinajstić information content (AvgIpc) is 2.09. The van der Waals surface area contributed by atoms with Crippen LogP contribution >= 0.6 is 7.82 Å². The second-order valence-corrected chi connectivity index (χ2v) is 3.80. The highest BCUT2D eigenvalue weighted by Crippen LogP contribution is 2.35. The Morgan fingerprint density at radius 3 is 2.33 bits per heavy atom. The molecule has 9 heteroatoms. The molecule has 0 aliphatic carbocycles. The quantitative estimate of drug-likeness (QED) is 0.407. The molecule has 88 valence electrons. The van der Waals surface area contributed by atoms with Gasteiger partial charge in [-0.15, -0.1) is 0 Å². The Labute approximate surface area is 85.8 Å². The monoisotopic (exact) mass is 241 g/mol. The number of rotatable bonds is 5. The Bertz CT molecular complexity index is 285. The molecule has 0 aliphatic heterocycles. The summed E-state index contributed by atoms with van der Waals surface area (Å²) in [5, 5.41) is 2.12. The third kappa shape index (κ3) is 7.03. The van der Waals surface area contributed by atoms with Crippen LogP contribution in [0.15, 0.2) is 0 Å². The largest absolute Gasteiger partial charge is 0.469 e. The van der Waals surface area contributed by atoms with Gasteiger partial charge >= 0.3 is 13.8 Å². The first-order valence-corrected chi connectivity index (χ1v) is 5.34. The van der Waals surface area contributed by atoms with Crippen LogP contribution in [0, 0.1) is 0 Å². The van der Waals surface area contributed by atoms with Crippen molar-refractivity contribution in [3.05, 3.63) is 0 Å². The van der Waals surface area contributed by atoms with Crippen molar-refractivity contribution in [3.8, 4) is 0 Å². The van der Waals surface area contributed by atoms with E-state index in [1.807, 2.05) is 0 Å². The molecule has 3 N–H and O–H groups in total. The summed E-state index contributed by atoms with van der Waals surface area (Å²) in [5.41, 5.74) is 0. The summed E-state index contributed by atoms with van der Waals surface area (Å²) < 4.78 is 18.7. The molecule has 0 saturated carbocycles. The van der Waals surface area contributed by atoms with Crippen LogP contribution in [0.4, 0.5) is 0 Å². The van der Waals surface area contributed by atoms with E-state index < -0.39 is 32.3 Å². The number of phosphoric acid groups is 1. The van der Waals surface area contributed by atoms with E-state index in [1.54, 1.807) is 0 Å². The smallest absolute Gasteiger partial charge is 0.467 e. The Kier molecular flexibility index (Phi) is 5.45. The molecule has 0 heterocycles. The number of ether oxygens (including phenoxy) is 1. The molecule has 8 nitrogen and oxygen atoms in total. The van der Waals surface area contributed by atoms with Crippen LogP contribution < -0.4 is 5.32 Å². The fraction of sp³-hybridized carbons (Fsp3) is 0.667. The van der Waals surface area contributed by atoms with Crippen LogP contribution in [0.5, 0.6) is 0 Å². The molecule has 0 aliphatic rings. The first kappa shape index (κ1) is 14.1. The number of carbonyl (C=O) groups excluding carboxylic acids is 2. The second-order valence-electron chi connectivity index (χ2n) is 2.56.